The van der Waals surface area contributed by atoms with Gasteiger partial charge in [-0.2, -0.15) is 0 Å². The second-order valence-corrected chi connectivity index (χ2v) is 7.51. The molecule has 118 valence electrons. The molecule has 0 radical (unpaired) electrons. The van der Waals surface area contributed by atoms with Crippen LogP contribution in [0.1, 0.15) is 52.0 Å². The Morgan fingerprint density at radius 2 is 1.95 bits per heavy atom. The quantitative estimate of drug-likeness (QED) is 0.866. The van der Waals surface area contributed by atoms with E-state index < -0.39 is 5.60 Å². The van der Waals surface area contributed by atoms with Gasteiger partial charge in [0.15, 0.2) is 0 Å². The lowest BCUT2D eigenvalue weighted by Gasteiger charge is -2.25. The Hall–Kier alpha value is -0.770. The van der Waals surface area contributed by atoms with E-state index in [0.29, 0.717) is 18.2 Å². The number of nitrogens with one attached hydrogen (secondary N) is 1. The van der Waals surface area contributed by atoms with E-state index in [4.69, 9.17) is 16.3 Å². The maximum absolute atomic E-state index is 10.4. The van der Waals surface area contributed by atoms with E-state index in [0.717, 1.165) is 37.0 Å². The zero-order valence-electron chi connectivity index (χ0n) is 13.2. The molecule has 0 bridgehead atoms. The maximum atomic E-state index is 10.4. The van der Waals surface area contributed by atoms with Crippen molar-refractivity contribution in [1.82, 2.24) is 5.32 Å². The van der Waals surface area contributed by atoms with Crippen LogP contribution in [0, 0.1) is 0 Å². The monoisotopic (exact) mass is 311 g/mol. The van der Waals surface area contributed by atoms with Gasteiger partial charge in [-0.05, 0) is 51.8 Å². The van der Waals surface area contributed by atoms with Crippen LogP contribution in [0.3, 0.4) is 0 Å². The first-order chi connectivity index (χ1) is 9.77. The van der Waals surface area contributed by atoms with Crippen LogP contribution in [0.5, 0.6) is 5.75 Å². The Morgan fingerprint density at radius 3 is 2.57 bits per heavy atom. The normalized spacial score (nSPS) is 18.0. The average molecular weight is 312 g/mol. The van der Waals surface area contributed by atoms with Crippen molar-refractivity contribution in [2.75, 3.05) is 6.61 Å². The third-order valence-electron chi connectivity index (χ3n) is 3.86. The molecule has 2 rings (SSSR count). The smallest absolute Gasteiger partial charge is 0.124 e. The molecule has 0 aromatic heterocycles. The lowest BCUT2D eigenvalue weighted by atomic mass is 10.0. The van der Waals surface area contributed by atoms with E-state index in [2.05, 4.69) is 26.1 Å². The molecule has 0 atom stereocenters. The molecule has 1 saturated carbocycles. The fourth-order valence-corrected chi connectivity index (χ4v) is 2.77. The van der Waals surface area contributed by atoms with E-state index >= 15 is 0 Å². The van der Waals surface area contributed by atoms with Crippen LogP contribution in [0.2, 0.25) is 5.02 Å². The van der Waals surface area contributed by atoms with Crippen LogP contribution < -0.4 is 10.1 Å². The van der Waals surface area contributed by atoms with Gasteiger partial charge in [-0.15, -0.1) is 0 Å². The maximum Gasteiger partial charge on any atom is 0.124 e. The summed E-state index contributed by atoms with van der Waals surface area (Å²) in [5.41, 5.74) is 0.399. The first-order valence-corrected chi connectivity index (χ1v) is 8.04. The van der Waals surface area contributed by atoms with Gasteiger partial charge in [-0.1, -0.05) is 24.4 Å². The van der Waals surface area contributed by atoms with Crippen LogP contribution in [0.15, 0.2) is 18.2 Å². The second-order valence-electron chi connectivity index (χ2n) is 7.08. The lowest BCUT2D eigenvalue weighted by molar-refractivity contribution is 0.00109. The number of ether oxygens (including phenoxy) is 1. The zero-order chi connectivity index (χ0) is 15.5. The fourth-order valence-electron chi connectivity index (χ4n) is 2.58. The Balaban J connectivity index is 2.04. The fraction of sp³-hybridized carbons (Fsp3) is 0.647. The molecule has 0 unspecified atom stereocenters. The van der Waals surface area contributed by atoms with Gasteiger partial charge in [0, 0.05) is 22.7 Å². The predicted molar refractivity (Wildman–Crippen MR) is 87.0 cm³/mol. The highest BCUT2D eigenvalue weighted by Gasteiger charge is 2.32. The van der Waals surface area contributed by atoms with Crippen LogP contribution in [0.25, 0.3) is 0 Å². The van der Waals surface area contributed by atoms with Gasteiger partial charge >= 0.3 is 0 Å². The molecule has 21 heavy (non-hydrogen) atoms. The van der Waals surface area contributed by atoms with Gasteiger partial charge in [0.2, 0.25) is 0 Å². The van der Waals surface area contributed by atoms with Crippen molar-refractivity contribution < 1.29 is 9.84 Å². The standard InChI is InChI=1S/C17H26ClNO2/c1-16(2,3)19-11-13-10-14(18)6-7-15(13)21-12-17(20)8-4-5-9-17/h6-7,10,19-20H,4-5,8-9,11-12H2,1-3H3. The molecular weight excluding hydrogens is 286 g/mol. The summed E-state index contributed by atoms with van der Waals surface area (Å²) in [4.78, 5) is 0. The van der Waals surface area contributed by atoms with Gasteiger partial charge in [0.1, 0.15) is 12.4 Å². The van der Waals surface area contributed by atoms with E-state index in [9.17, 15) is 5.11 Å². The lowest BCUT2D eigenvalue weighted by Crippen LogP contribution is -2.35. The third kappa shape index (κ3) is 5.17. The second kappa shape index (κ2) is 6.55. The first-order valence-electron chi connectivity index (χ1n) is 7.66. The number of rotatable bonds is 5. The molecule has 0 saturated heterocycles. The number of aliphatic hydroxyl groups is 1. The van der Waals surface area contributed by atoms with Gasteiger partial charge in [0.25, 0.3) is 0 Å². The van der Waals surface area contributed by atoms with E-state index in [1.165, 1.54) is 0 Å². The molecule has 1 fully saturated rings. The van der Waals surface area contributed by atoms with Crippen LogP contribution in [-0.2, 0) is 6.54 Å². The molecule has 1 aromatic rings. The average Bonchev–Trinajstić information content (AvgIpc) is 2.82. The largest absolute Gasteiger partial charge is 0.490 e. The van der Waals surface area contributed by atoms with Crippen molar-refractivity contribution in [3.63, 3.8) is 0 Å². The van der Waals surface area contributed by atoms with E-state index in [1.807, 2.05) is 18.2 Å². The van der Waals surface area contributed by atoms with Crippen LogP contribution in [0.4, 0.5) is 0 Å². The van der Waals surface area contributed by atoms with E-state index in [1.54, 1.807) is 0 Å². The number of hydrogen-bond donors (Lipinski definition) is 2. The summed E-state index contributed by atoms with van der Waals surface area (Å²) < 4.78 is 5.90. The van der Waals surface area contributed by atoms with Crippen molar-refractivity contribution in [3.8, 4) is 5.75 Å². The molecular formula is C17H26ClNO2. The van der Waals surface area contributed by atoms with Gasteiger partial charge in [0.05, 0.1) is 5.60 Å². The molecule has 0 spiro atoms. The highest BCUT2D eigenvalue weighted by atomic mass is 35.5. The molecule has 4 heteroatoms. The molecule has 0 aliphatic heterocycles. The van der Waals surface area contributed by atoms with Crippen molar-refractivity contribution >= 4 is 11.6 Å². The number of halogens is 1. The van der Waals surface area contributed by atoms with Crippen molar-refractivity contribution in [2.45, 2.75) is 64.1 Å². The summed E-state index contributed by atoms with van der Waals surface area (Å²) in [6, 6.07) is 5.64. The molecule has 1 aliphatic carbocycles. The molecule has 0 amide bonds. The Kier molecular flexibility index (Phi) is 5.18. The molecule has 3 nitrogen and oxygen atoms in total. The Morgan fingerprint density at radius 1 is 1.29 bits per heavy atom. The molecule has 2 N–H and O–H groups in total. The van der Waals surface area contributed by atoms with Crippen LogP contribution >= 0.6 is 11.6 Å². The summed E-state index contributed by atoms with van der Waals surface area (Å²) in [7, 11) is 0. The van der Waals surface area contributed by atoms with Crippen molar-refractivity contribution in [1.29, 1.82) is 0 Å². The Bertz CT molecular complexity index is 476. The minimum Gasteiger partial charge on any atom is -0.490 e. The third-order valence-corrected chi connectivity index (χ3v) is 4.10. The summed E-state index contributed by atoms with van der Waals surface area (Å²) in [6.45, 7) is 7.42. The minimum atomic E-state index is -0.658. The van der Waals surface area contributed by atoms with Crippen LogP contribution in [-0.4, -0.2) is 22.9 Å². The minimum absolute atomic E-state index is 0.0310. The number of hydrogen-bond acceptors (Lipinski definition) is 3. The van der Waals surface area contributed by atoms with E-state index in [-0.39, 0.29) is 5.54 Å². The van der Waals surface area contributed by atoms with Gasteiger partial charge in [-0.3, -0.25) is 0 Å². The summed E-state index contributed by atoms with van der Waals surface area (Å²) >= 11 is 6.09. The number of benzene rings is 1. The highest BCUT2D eigenvalue weighted by molar-refractivity contribution is 6.30. The Labute approximate surface area is 132 Å². The first kappa shape index (κ1) is 16.6. The predicted octanol–water partition coefficient (Wildman–Crippen LogP) is 3.91. The van der Waals surface area contributed by atoms with Gasteiger partial charge < -0.3 is 15.2 Å². The summed E-state index contributed by atoms with van der Waals surface area (Å²) in [5, 5.41) is 14.5. The SMILES string of the molecule is CC(C)(C)NCc1cc(Cl)ccc1OCC1(O)CCCC1. The molecule has 1 aromatic carbocycles. The summed E-state index contributed by atoms with van der Waals surface area (Å²) in [6.07, 6.45) is 3.82. The van der Waals surface area contributed by atoms with Crippen molar-refractivity contribution in [3.05, 3.63) is 28.8 Å². The van der Waals surface area contributed by atoms with Crippen molar-refractivity contribution in [2.24, 2.45) is 0 Å². The highest BCUT2D eigenvalue weighted by Crippen LogP contribution is 2.31. The molecule has 0 heterocycles. The summed E-state index contributed by atoms with van der Waals surface area (Å²) in [5.74, 6) is 0.802. The molecule has 1 aliphatic rings. The van der Waals surface area contributed by atoms with Gasteiger partial charge in [-0.25, -0.2) is 0 Å². The topological polar surface area (TPSA) is 41.5 Å². The zero-order valence-corrected chi connectivity index (χ0v) is 14.0.